The van der Waals surface area contributed by atoms with E-state index in [1.165, 1.54) is 37.1 Å². The summed E-state index contributed by atoms with van der Waals surface area (Å²) in [6, 6.07) is 2.87. The van der Waals surface area contributed by atoms with Gasteiger partial charge in [0.05, 0.1) is 0 Å². The summed E-state index contributed by atoms with van der Waals surface area (Å²) in [5.41, 5.74) is 3.84. The number of fused-ring (bicyclic) bond motifs is 1. The summed E-state index contributed by atoms with van der Waals surface area (Å²) < 4.78 is 2.59. The topological polar surface area (TPSA) is 22.0 Å². The highest BCUT2D eigenvalue weighted by atomic mass is 16.1. The van der Waals surface area contributed by atoms with Crippen molar-refractivity contribution in [1.82, 2.24) is 4.57 Å². The lowest BCUT2D eigenvalue weighted by Crippen LogP contribution is -2.29. The molecule has 0 bridgehead atoms. The van der Waals surface area contributed by atoms with Gasteiger partial charge in [0, 0.05) is 29.4 Å². The summed E-state index contributed by atoms with van der Waals surface area (Å²) in [5, 5.41) is 0. The lowest BCUT2D eigenvalue weighted by molar-refractivity contribution is 0.0908. The molecule has 0 radical (unpaired) electrons. The van der Waals surface area contributed by atoms with Gasteiger partial charge in [-0.1, -0.05) is 13.8 Å². The number of ketones is 1. The van der Waals surface area contributed by atoms with Crippen LogP contribution in [-0.4, -0.2) is 10.4 Å². The molecule has 4 rings (SSSR count). The van der Waals surface area contributed by atoms with Crippen LogP contribution in [0.4, 0.5) is 0 Å². The molecule has 0 aromatic carbocycles. The Labute approximate surface area is 121 Å². The van der Waals surface area contributed by atoms with E-state index in [2.05, 4.69) is 31.4 Å². The summed E-state index contributed by atoms with van der Waals surface area (Å²) >= 11 is 0. The van der Waals surface area contributed by atoms with Gasteiger partial charge in [0.1, 0.15) is 0 Å². The van der Waals surface area contributed by atoms with Crippen LogP contribution < -0.4 is 0 Å². The molecular formula is C18H25NO. The van der Waals surface area contributed by atoms with Crippen LogP contribution in [0.3, 0.4) is 0 Å². The van der Waals surface area contributed by atoms with E-state index in [4.69, 9.17) is 0 Å². The molecule has 0 amide bonds. The van der Waals surface area contributed by atoms with Gasteiger partial charge in [0.15, 0.2) is 5.78 Å². The summed E-state index contributed by atoms with van der Waals surface area (Å²) in [6.07, 6.45) is 7.35. The fraction of sp³-hybridized carbons (Fsp3) is 0.722. The van der Waals surface area contributed by atoms with Gasteiger partial charge in [-0.15, -0.1) is 0 Å². The van der Waals surface area contributed by atoms with Crippen molar-refractivity contribution in [3.63, 3.8) is 0 Å². The van der Waals surface area contributed by atoms with Crippen LogP contribution in [0.25, 0.3) is 0 Å². The normalized spacial score (nSPS) is 25.1. The number of hydrogen-bond donors (Lipinski definition) is 0. The molecule has 2 saturated carbocycles. The highest BCUT2D eigenvalue weighted by Crippen LogP contribution is 2.54. The number of aryl methyl sites for hydroxylation is 1. The van der Waals surface area contributed by atoms with Crippen LogP contribution in [0.2, 0.25) is 0 Å². The van der Waals surface area contributed by atoms with Gasteiger partial charge in [-0.25, -0.2) is 0 Å². The molecule has 0 saturated heterocycles. The Balaban J connectivity index is 1.82. The Bertz CT molecular complexity index is 560. The van der Waals surface area contributed by atoms with Crippen molar-refractivity contribution in [2.75, 3.05) is 0 Å². The predicted molar refractivity (Wildman–Crippen MR) is 80.1 cm³/mol. The summed E-state index contributed by atoms with van der Waals surface area (Å²) in [4.78, 5) is 12.4. The van der Waals surface area contributed by atoms with E-state index in [0.29, 0.717) is 18.2 Å². The van der Waals surface area contributed by atoms with E-state index < -0.39 is 0 Å². The van der Waals surface area contributed by atoms with Crippen molar-refractivity contribution in [1.29, 1.82) is 0 Å². The van der Waals surface area contributed by atoms with E-state index in [1.807, 2.05) is 0 Å². The molecule has 0 unspecified atom stereocenters. The van der Waals surface area contributed by atoms with Crippen LogP contribution in [0.5, 0.6) is 0 Å². The molecule has 3 aliphatic rings. The molecule has 108 valence electrons. The Morgan fingerprint density at radius 2 is 1.75 bits per heavy atom. The van der Waals surface area contributed by atoms with Crippen LogP contribution >= 0.6 is 0 Å². The van der Waals surface area contributed by atoms with Gasteiger partial charge >= 0.3 is 0 Å². The average molecular weight is 271 g/mol. The Morgan fingerprint density at radius 1 is 1.15 bits per heavy atom. The standard InChI is InChI=1S/C18H25NO/c1-11-8-14-15(9-18(2,3)10-16(14)20)19(11)17(12-4-5-12)13-6-7-13/h8,12-13,17H,4-7,9-10H2,1-3H3. The van der Waals surface area contributed by atoms with Crippen molar-refractivity contribution >= 4 is 5.78 Å². The molecule has 20 heavy (non-hydrogen) atoms. The SMILES string of the molecule is Cc1cc2c(n1C(C1CC1)C1CC1)CC(C)(C)CC2=O. The quantitative estimate of drug-likeness (QED) is 0.802. The van der Waals surface area contributed by atoms with Crippen molar-refractivity contribution in [3.05, 3.63) is 23.0 Å². The number of hydrogen-bond acceptors (Lipinski definition) is 1. The first-order valence-electron chi connectivity index (χ1n) is 8.20. The first-order valence-corrected chi connectivity index (χ1v) is 8.20. The molecule has 1 aromatic heterocycles. The Hall–Kier alpha value is -1.05. The van der Waals surface area contributed by atoms with Gasteiger partial charge < -0.3 is 4.57 Å². The average Bonchev–Trinajstić information content (AvgIpc) is 3.22. The number of carbonyl (C=O) groups excluding carboxylic acids is 1. The van der Waals surface area contributed by atoms with Gasteiger partial charge in [-0.3, -0.25) is 4.79 Å². The lowest BCUT2D eigenvalue weighted by Gasteiger charge is -2.32. The van der Waals surface area contributed by atoms with E-state index in [-0.39, 0.29) is 5.41 Å². The third-order valence-corrected chi connectivity index (χ3v) is 5.43. The summed E-state index contributed by atoms with van der Waals surface area (Å²) in [6.45, 7) is 6.68. The van der Waals surface area contributed by atoms with E-state index in [0.717, 1.165) is 23.8 Å². The van der Waals surface area contributed by atoms with Crippen LogP contribution in [-0.2, 0) is 6.42 Å². The molecule has 0 N–H and O–H groups in total. The van der Waals surface area contributed by atoms with E-state index in [1.54, 1.807) is 0 Å². The second-order valence-electron chi connectivity index (χ2n) is 8.12. The van der Waals surface area contributed by atoms with Crippen molar-refractivity contribution in [3.8, 4) is 0 Å². The summed E-state index contributed by atoms with van der Waals surface area (Å²) in [7, 11) is 0. The monoisotopic (exact) mass is 271 g/mol. The molecule has 0 spiro atoms. The highest BCUT2D eigenvalue weighted by Gasteiger charge is 2.45. The fourth-order valence-electron chi connectivity index (χ4n) is 4.27. The molecule has 0 atom stereocenters. The molecule has 2 nitrogen and oxygen atoms in total. The minimum absolute atomic E-state index is 0.129. The van der Waals surface area contributed by atoms with Crippen molar-refractivity contribution in [2.24, 2.45) is 17.3 Å². The molecule has 2 heteroatoms. The molecule has 0 aliphatic heterocycles. The third-order valence-electron chi connectivity index (χ3n) is 5.43. The van der Waals surface area contributed by atoms with Crippen LogP contribution in [0, 0.1) is 24.2 Å². The molecule has 1 heterocycles. The number of nitrogens with zero attached hydrogens (tertiary/aromatic N) is 1. The molecule has 3 aliphatic carbocycles. The second-order valence-corrected chi connectivity index (χ2v) is 8.12. The minimum atomic E-state index is 0.129. The van der Waals surface area contributed by atoms with E-state index in [9.17, 15) is 4.79 Å². The summed E-state index contributed by atoms with van der Waals surface area (Å²) in [5.74, 6) is 2.14. The fourth-order valence-corrected chi connectivity index (χ4v) is 4.27. The van der Waals surface area contributed by atoms with Crippen LogP contribution in [0.15, 0.2) is 6.07 Å². The number of aromatic nitrogens is 1. The maximum absolute atomic E-state index is 12.4. The second kappa shape index (κ2) is 3.99. The smallest absolute Gasteiger partial charge is 0.165 e. The number of carbonyl (C=O) groups is 1. The van der Waals surface area contributed by atoms with Gasteiger partial charge in [-0.05, 0) is 62.3 Å². The highest BCUT2D eigenvalue weighted by molar-refractivity contribution is 5.99. The zero-order valence-electron chi connectivity index (χ0n) is 12.9. The third kappa shape index (κ3) is 1.96. The minimum Gasteiger partial charge on any atom is -0.345 e. The van der Waals surface area contributed by atoms with Crippen molar-refractivity contribution in [2.45, 2.75) is 65.3 Å². The molecule has 1 aromatic rings. The zero-order chi connectivity index (χ0) is 14.1. The number of rotatable bonds is 3. The Morgan fingerprint density at radius 3 is 2.30 bits per heavy atom. The largest absolute Gasteiger partial charge is 0.345 e. The lowest BCUT2D eigenvalue weighted by atomic mass is 9.76. The maximum atomic E-state index is 12.4. The first kappa shape index (κ1) is 12.7. The zero-order valence-corrected chi connectivity index (χ0v) is 12.9. The maximum Gasteiger partial charge on any atom is 0.165 e. The van der Waals surface area contributed by atoms with E-state index >= 15 is 0 Å². The van der Waals surface area contributed by atoms with Gasteiger partial charge in [0.2, 0.25) is 0 Å². The van der Waals surface area contributed by atoms with Gasteiger partial charge in [0.25, 0.3) is 0 Å². The van der Waals surface area contributed by atoms with Gasteiger partial charge in [-0.2, -0.15) is 0 Å². The Kier molecular flexibility index (Phi) is 2.53. The first-order chi connectivity index (χ1) is 9.46. The molecular weight excluding hydrogens is 246 g/mol. The number of Topliss-reactive ketones (excluding diaryl/α,β-unsaturated/α-hetero) is 1. The predicted octanol–water partition coefficient (Wildman–Crippen LogP) is 4.31. The van der Waals surface area contributed by atoms with Crippen LogP contribution in [0.1, 0.15) is 73.7 Å². The van der Waals surface area contributed by atoms with Crippen molar-refractivity contribution < 1.29 is 4.79 Å². The molecule has 2 fully saturated rings.